The summed E-state index contributed by atoms with van der Waals surface area (Å²) in [6, 6.07) is 3.74. The molecule has 2 N–H and O–H groups in total. The minimum absolute atomic E-state index is 0.0511. The summed E-state index contributed by atoms with van der Waals surface area (Å²) in [4.78, 5) is 10.1. The van der Waals surface area contributed by atoms with Gasteiger partial charge in [-0.2, -0.15) is 5.26 Å². The molecule has 0 radical (unpaired) electrons. The normalized spacial score (nSPS) is 11.4. The maximum atomic E-state index is 10.8. The summed E-state index contributed by atoms with van der Waals surface area (Å²) in [5, 5.41) is 32.3. The van der Waals surface area contributed by atoms with Crippen molar-refractivity contribution in [3.05, 3.63) is 40.5 Å². The first-order valence-corrected chi connectivity index (χ1v) is 5.34. The molecule has 19 heavy (non-hydrogen) atoms. The van der Waals surface area contributed by atoms with Gasteiger partial charge in [0.25, 0.3) is 0 Å². The number of nitro groups is 1. The second-order valence-corrected chi connectivity index (χ2v) is 3.61. The maximum Gasteiger partial charge on any atom is 0.315 e. The lowest BCUT2D eigenvalue weighted by Crippen LogP contribution is -2.20. The minimum atomic E-state index is -0.758. The van der Waals surface area contributed by atoms with Gasteiger partial charge in [0, 0.05) is 12.6 Å². The van der Waals surface area contributed by atoms with E-state index in [2.05, 4.69) is 11.9 Å². The SMILES string of the molecule is C=CCNC(C#N)c1cc(OC)c(O)c([N+](=O)[O-])c1. The first kappa shape index (κ1) is 14.5. The van der Waals surface area contributed by atoms with Crippen molar-refractivity contribution >= 4 is 5.69 Å². The number of ether oxygens (including phenoxy) is 1. The zero-order valence-electron chi connectivity index (χ0n) is 10.3. The molecule has 100 valence electrons. The Hall–Kier alpha value is -2.59. The molecule has 1 aromatic rings. The first-order chi connectivity index (χ1) is 9.04. The van der Waals surface area contributed by atoms with E-state index < -0.39 is 22.4 Å². The van der Waals surface area contributed by atoms with Gasteiger partial charge in [0.05, 0.1) is 18.1 Å². The zero-order valence-corrected chi connectivity index (χ0v) is 10.3. The lowest BCUT2D eigenvalue weighted by atomic mass is 10.1. The average Bonchev–Trinajstić information content (AvgIpc) is 2.40. The predicted octanol–water partition coefficient (Wildman–Crippen LogP) is 1.65. The third kappa shape index (κ3) is 3.20. The van der Waals surface area contributed by atoms with Crippen LogP contribution in [0.5, 0.6) is 11.5 Å². The van der Waals surface area contributed by atoms with Crippen molar-refractivity contribution in [2.24, 2.45) is 0 Å². The van der Waals surface area contributed by atoms with Gasteiger partial charge in [0.1, 0.15) is 6.04 Å². The van der Waals surface area contributed by atoms with Gasteiger partial charge in [-0.05, 0) is 11.6 Å². The number of phenolic OH excluding ortho intramolecular Hbond substituents is 1. The maximum absolute atomic E-state index is 10.8. The fourth-order valence-electron chi connectivity index (χ4n) is 1.51. The largest absolute Gasteiger partial charge is 0.500 e. The number of methoxy groups -OCH3 is 1. The molecule has 1 atom stereocenters. The zero-order chi connectivity index (χ0) is 14.4. The van der Waals surface area contributed by atoms with Crippen LogP contribution in [-0.2, 0) is 0 Å². The molecule has 0 fully saturated rings. The molecule has 7 nitrogen and oxygen atoms in total. The van der Waals surface area contributed by atoms with Crippen molar-refractivity contribution in [3.63, 3.8) is 0 Å². The molecular formula is C12H13N3O4. The van der Waals surface area contributed by atoms with E-state index in [0.717, 1.165) is 6.07 Å². The Kier molecular flexibility index (Phi) is 4.85. The second-order valence-electron chi connectivity index (χ2n) is 3.61. The number of phenols is 1. The van der Waals surface area contributed by atoms with Crippen LogP contribution in [0.1, 0.15) is 11.6 Å². The number of benzene rings is 1. The van der Waals surface area contributed by atoms with Crippen molar-refractivity contribution in [1.29, 1.82) is 5.26 Å². The highest BCUT2D eigenvalue weighted by atomic mass is 16.6. The number of nitrogens with zero attached hydrogens (tertiary/aromatic N) is 2. The van der Waals surface area contributed by atoms with E-state index >= 15 is 0 Å². The summed E-state index contributed by atoms with van der Waals surface area (Å²) < 4.78 is 4.86. The van der Waals surface area contributed by atoms with Crippen LogP contribution in [0.3, 0.4) is 0 Å². The van der Waals surface area contributed by atoms with Crippen LogP contribution in [0.15, 0.2) is 24.8 Å². The number of nitro benzene ring substituents is 1. The molecule has 0 aliphatic carbocycles. The molecule has 0 heterocycles. The number of hydrogen-bond acceptors (Lipinski definition) is 6. The molecule has 7 heteroatoms. The summed E-state index contributed by atoms with van der Waals surface area (Å²) in [5.74, 6) is -0.610. The third-order valence-electron chi connectivity index (χ3n) is 2.42. The predicted molar refractivity (Wildman–Crippen MR) is 67.9 cm³/mol. The van der Waals surface area contributed by atoms with Crippen molar-refractivity contribution in [3.8, 4) is 17.6 Å². The first-order valence-electron chi connectivity index (χ1n) is 5.34. The van der Waals surface area contributed by atoms with Crippen LogP contribution in [-0.4, -0.2) is 23.7 Å². The molecular weight excluding hydrogens is 250 g/mol. The number of hydrogen-bond donors (Lipinski definition) is 2. The van der Waals surface area contributed by atoms with E-state index in [0.29, 0.717) is 12.1 Å². The highest BCUT2D eigenvalue weighted by Gasteiger charge is 2.22. The quantitative estimate of drug-likeness (QED) is 0.459. The molecule has 0 bridgehead atoms. The number of aromatic hydroxyl groups is 1. The summed E-state index contributed by atoms with van der Waals surface area (Å²) in [6.07, 6.45) is 1.57. The van der Waals surface area contributed by atoms with Crippen LogP contribution in [0.4, 0.5) is 5.69 Å². The summed E-state index contributed by atoms with van der Waals surface area (Å²) in [5.41, 5.74) is -0.166. The Labute approximate surface area is 109 Å². The molecule has 0 spiro atoms. The molecule has 1 aromatic carbocycles. The van der Waals surface area contributed by atoms with E-state index in [1.807, 2.05) is 6.07 Å². The summed E-state index contributed by atoms with van der Waals surface area (Å²) >= 11 is 0. The van der Waals surface area contributed by atoms with Gasteiger partial charge in [-0.15, -0.1) is 6.58 Å². The van der Waals surface area contributed by atoms with Crippen molar-refractivity contribution in [1.82, 2.24) is 5.32 Å². The standard InChI is InChI=1S/C12H13N3O4/c1-3-4-14-9(7-13)8-5-10(15(17)18)12(16)11(6-8)19-2/h3,5-6,9,14,16H,1,4H2,2H3. The molecule has 1 rings (SSSR count). The van der Waals surface area contributed by atoms with E-state index in [4.69, 9.17) is 10.00 Å². The summed E-state index contributed by atoms with van der Waals surface area (Å²) in [7, 11) is 1.28. The van der Waals surface area contributed by atoms with Crippen LogP contribution in [0.2, 0.25) is 0 Å². The number of nitriles is 1. The topological polar surface area (TPSA) is 108 Å². The highest BCUT2D eigenvalue weighted by Crippen LogP contribution is 2.38. The Morgan fingerprint density at radius 2 is 2.42 bits per heavy atom. The lowest BCUT2D eigenvalue weighted by Gasteiger charge is -2.12. The van der Waals surface area contributed by atoms with Crippen LogP contribution in [0.25, 0.3) is 0 Å². The van der Waals surface area contributed by atoms with E-state index in [1.54, 1.807) is 6.08 Å². The van der Waals surface area contributed by atoms with Crippen molar-refractivity contribution in [2.75, 3.05) is 13.7 Å². The fraction of sp³-hybridized carbons (Fsp3) is 0.250. The van der Waals surface area contributed by atoms with Crippen LogP contribution in [0, 0.1) is 21.4 Å². The Balaban J connectivity index is 3.27. The van der Waals surface area contributed by atoms with E-state index in [1.165, 1.54) is 13.2 Å². The molecule has 0 saturated carbocycles. The number of rotatable bonds is 6. The van der Waals surface area contributed by atoms with Crippen molar-refractivity contribution in [2.45, 2.75) is 6.04 Å². The average molecular weight is 263 g/mol. The van der Waals surface area contributed by atoms with Gasteiger partial charge in [0.15, 0.2) is 5.75 Å². The minimum Gasteiger partial charge on any atom is -0.500 e. The van der Waals surface area contributed by atoms with Gasteiger partial charge in [-0.1, -0.05) is 6.08 Å². The van der Waals surface area contributed by atoms with Gasteiger partial charge in [-0.25, -0.2) is 0 Å². The van der Waals surface area contributed by atoms with Gasteiger partial charge in [-0.3, -0.25) is 15.4 Å². The summed E-state index contributed by atoms with van der Waals surface area (Å²) in [6.45, 7) is 3.88. The van der Waals surface area contributed by atoms with E-state index in [-0.39, 0.29) is 5.75 Å². The Morgan fingerprint density at radius 1 is 1.74 bits per heavy atom. The molecule has 1 unspecified atom stereocenters. The van der Waals surface area contributed by atoms with Gasteiger partial charge >= 0.3 is 5.69 Å². The molecule has 0 saturated heterocycles. The molecule has 0 aromatic heterocycles. The van der Waals surface area contributed by atoms with Crippen molar-refractivity contribution < 1.29 is 14.8 Å². The molecule has 0 aliphatic rings. The third-order valence-corrected chi connectivity index (χ3v) is 2.42. The fourth-order valence-corrected chi connectivity index (χ4v) is 1.51. The second kappa shape index (κ2) is 6.37. The highest BCUT2D eigenvalue weighted by molar-refractivity contribution is 5.58. The van der Waals surface area contributed by atoms with Crippen LogP contribution >= 0.6 is 0 Å². The van der Waals surface area contributed by atoms with Gasteiger partial charge < -0.3 is 9.84 Å². The molecule has 0 amide bonds. The number of nitrogens with one attached hydrogen (secondary N) is 1. The Bertz CT molecular complexity index is 537. The monoisotopic (exact) mass is 263 g/mol. The van der Waals surface area contributed by atoms with E-state index in [9.17, 15) is 15.2 Å². The lowest BCUT2D eigenvalue weighted by molar-refractivity contribution is -0.386. The van der Waals surface area contributed by atoms with Crippen LogP contribution < -0.4 is 10.1 Å². The molecule has 0 aliphatic heterocycles. The van der Waals surface area contributed by atoms with Gasteiger partial charge in [0.2, 0.25) is 5.75 Å². The smallest absolute Gasteiger partial charge is 0.315 e. The Morgan fingerprint density at radius 3 is 2.89 bits per heavy atom.